The molecule has 0 aromatic carbocycles. The molecular formula is C24H45P. The van der Waals surface area contributed by atoms with Crippen LogP contribution in [0, 0.1) is 0 Å². The van der Waals surface area contributed by atoms with Gasteiger partial charge in [0.1, 0.15) is 0 Å². The first-order valence-corrected chi connectivity index (χ1v) is 12.6. The molecule has 0 spiro atoms. The molecule has 0 atom stereocenters. The van der Waals surface area contributed by atoms with Crippen molar-refractivity contribution in [1.29, 1.82) is 0 Å². The molecule has 25 heavy (non-hydrogen) atoms. The third-order valence-electron chi connectivity index (χ3n) is 5.32. The first-order chi connectivity index (χ1) is 11.9. The van der Waals surface area contributed by atoms with Crippen LogP contribution in [0.4, 0.5) is 0 Å². The minimum atomic E-state index is -1.91. The fourth-order valence-corrected chi connectivity index (χ4v) is 9.46. The quantitative estimate of drug-likeness (QED) is 0.302. The van der Waals surface area contributed by atoms with E-state index >= 15 is 0 Å². The first kappa shape index (κ1) is 24.4. The van der Waals surface area contributed by atoms with Gasteiger partial charge in [-0.25, -0.2) is 0 Å². The molecule has 0 aliphatic carbocycles. The van der Waals surface area contributed by atoms with Crippen LogP contribution in [0.15, 0.2) is 45.6 Å². The average Bonchev–Trinajstić information content (AvgIpc) is 2.61. The van der Waals surface area contributed by atoms with Gasteiger partial charge in [-0.15, -0.1) is 0 Å². The van der Waals surface area contributed by atoms with Gasteiger partial charge in [-0.05, 0) is 0 Å². The summed E-state index contributed by atoms with van der Waals surface area (Å²) in [6, 6.07) is 0. The Bertz CT molecular complexity index is 395. The van der Waals surface area contributed by atoms with E-state index in [0.29, 0.717) is 0 Å². The maximum absolute atomic E-state index is 2.54. The molecule has 0 amide bonds. The molecular weight excluding hydrogens is 319 g/mol. The summed E-state index contributed by atoms with van der Waals surface area (Å²) in [5.41, 5.74) is 0. The molecule has 0 rings (SSSR count). The molecule has 1 heteroatoms. The third-order valence-corrected chi connectivity index (χ3v) is 10.9. The van der Waals surface area contributed by atoms with E-state index in [1.165, 1.54) is 51.4 Å². The van der Waals surface area contributed by atoms with E-state index in [4.69, 9.17) is 0 Å². The number of allylic oxidation sites excluding steroid dienone is 8. The van der Waals surface area contributed by atoms with Gasteiger partial charge in [-0.3, -0.25) is 0 Å². The van der Waals surface area contributed by atoms with Gasteiger partial charge in [0.2, 0.25) is 0 Å². The second kappa shape index (κ2) is 13.6. The van der Waals surface area contributed by atoms with E-state index in [9.17, 15) is 0 Å². The summed E-state index contributed by atoms with van der Waals surface area (Å²) in [6.07, 6.45) is 19.9. The zero-order valence-electron chi connectivity index (χ0n) is 18.5. The summed E-state index contributed by atoms with van der Waals surface area (Å²) in [5.74, 6) is 0. The van der Waals surface area contributed by atoms with Crippen molar-refractivity contribution < 1.29 is 0 Å². The molecule has 0 unspecified atom stereocenters. The van der Waals surface area contributed by atoms with Gasteiger partial charge in [0.15, 0.2) is 0 Å². The average molecular weight is 365 g/mol. The first-order valence-electron chi connectivity index (χ1n) is 10.6. The van der Waals surface area contributed by atoms with Crippen molar-refractivity contribution in [1.82, 2.24) is 0 Å². The molecule has 0 fully saturated rings. The molecule has 0 aliphatic rings. The Kier molecular flexibility index (Phi) is 13.2. The molecule has 0 bridgehead atoms. The van der Waals surface area contributed by atoms with Crippen LogP contribution in [0.1, 0.15) is 107 Å². The zero-order valence-corrected chi connectivity index (χ0v) is 19.5. The summed E-state index contributed by atoms with van der Waals surface area (Å²) in [6.45, 7) is 18.8. The summed E-state index contributed by atoms with van der Waals surface area (Å²) in [5, 5.41) is 6.59. The van der Waals surface area contributed by atoms with Crippen LogP contribution in [0.2, 0.25) is 0 Å². The van der Waals surface area contributed by atoms with Gasteiger partial charge < -0.3 is 0 Å². The van der Waals surface area contributed by atoms with Crippen molar-refractivity contribution in [2.75, 3.05) is 0 Å². The van der Waals surface area contributed by atoms with Crippen molar-refractivity contribution in [2.24, 2.45) is 0 Å². The molecule has 0 aromatic rings. The molecule has 0 heterocycles. The molecule has 0 N–H and O–H groups in total. The van der Waals surface area contributed by atoms with Gasteiger partial charge in [0.05, 0.1) is 0 Å². The Morgan fingerprint density at radius 1 is 0.480 bits per heavy atom. The third kappa shape index (κ3) is 6.90. The van der Waals surface area contributed by atoms with E-state index < -0.39 is 7.26 Å². The fraction of sp³-hybridized carbons (Fsp3) is 0.667. The second-order valence-electron chi connectivity index (χ2n) is 7.45. The van der Waals surface area contributed by atoms with Gasteiger partial charge in [0, 0.05) is 0 Å². The van der Waals surface area contributed by atoms with Crippen molar-refractivity contribution in [3.8, 4) is 0 Å². The number of rotatable bonds is 12. The monoisotopic (exact) mass is 364 g/mol. The predicted octanol–water partition coefficient (Wildman–Crippen LogP) is 9.55. The van der Waals surface area contributed by atoms with Crippen LogP contribution >= 0.6 is 7.26 Å². The zero-order chi connectivity index (χ0) is 19.3. The summed E-state index contributed by atoms with van der Waals surface area (Å²) < 4.78 is 0. The number of hydrogen-bond donors (Lipinski definition) is 0. The van der Waals surface area contributed by atoms with Crippen LogP contribution in [0.3, 0.4) is 0 Å². The van der Waals surface area contributed by atoms with Gasteiger partial charge >= 0.3 is 160 Å². The normalized spacial score (nSPS) is 15.7. The van der Waals surface area contributed by atoms with Gasteiger partial charge in [0.25, 0.3) is 0 Å². The van der Waals surface area contributed by atoms with Crippen LogP contribution in [-0.4, -0.2) is 0 Å². The Hall–Kier alpha value is -0.610. The number of unbranched alkanes of at least 4 members (excludes halogenated alkanes) is 4. The Morgan fingerprint density at radius 3 is 0.840 bits per heavy atom. The number of hydrogen-bond acceptors (Lipinski definition) is 0. The van der Waals surface area contributed by atoms with Crippen LogP contribution in [0.25, 0.3) is 0 Å². The molecule has 0 aromatic heterocycles. The standard InChI is InChI=1S/C24H45P/c1-9-13-17-21(5)25(22(6)18-14-10-2,23(7)19-15-11-3)24(8)20-16-12-4/h17-20,25H,9-16H2,1-8H3. The Balaban J connectivity index is 6.50. The van der Waals surface area contributed by atoms with E-state index in [-0.39, 0.29) is 0 Å². The van der Waals surface area contributed by atoms with Crippen molar-refractivity contribution >= 4 is 7.26 Å². The SMILES string of the molecule is CCCC=C(C)[PH](C(C)=CCCC)(C(C)=CCCC)C(C)=CCCC. The fourth-order valence-electron chi connectivity index (χ4n) is 3.92. The van der Waals surface area contributed by atoms with Crippen LogP contribution in [0.5, 0.6) is 0 Å². The molecule has 0 nitrogen and oxygen atoms in total. The van der Waals surface area contributed by atoms with E-state index in [0.717, 1.165) is 0 Å². The van der Waals surface area contributed by atoms with Gasteiger partial charge in [-0.1, -0.05) is 0 Å². The van der Waals surface area contributed by atoms with Gasteiger partial charge in [-0.2, -0.15) is 0 Å². The summed E-state index contributed by atoms with van der Waals surface area (Å²) in [7, 11) is -1.91. The van der Waals surface area contributed by atoms with Crippen molar-refractivity contribution in [3.05, 3.63) is 45.6 Å². The molecule has 0 aliphatic heterocycles. The molecule has 0 radical (unpaired) electrons. The molecule has 0 saturated carbocycles. The van der Waals surface area contributed by atoms with E-state index in [2.05, 4.69) is 79.7 Å². The van der Waals surface area contributed by atoms with E-state index in [1.54, 1.807) is 21.3 Å². The summed E-state index contributed by atoms with van der Waals surface area (Å²) >= 11 is 0. The Morgan fingerprint density at radius 2 is 0.680 bits per heavy atom. The molecule has 0 saturated heterocycles. The Labute approximate surface area is 159 Å². The van der Waals surface area contributed by atoms with Crippen LogP contribution < -0.4 is 0 Å². The minimum absolute atomic E-state index is 1.20. The predicted molar refractivity (Wildman–Crippen MR) is 123 cm³/mol. The molecule has 146 valence electrons. The van der Waals surface area contributed by atoms with Crippen molar-refractivity contribution in [3.63, 3.8) is 0 Å². The maximum atomic E-state index is 2.54. The topological polar surface area (TPSA) is 0 Å². The van der Waals surface area contributed by atoms with Crippen molar-refractivity contribution in [2.45, 2.75) is 107 Å². The second-order valence-corrected chi connectivity index (χ2v) is 12.1. The van der Waals surface area contributed by atoms with Crippen LogP contribution in [-0.2, 0) is 0 Å². The van der Waals surface area contributed by atoms with E-state index in [1.807, 2.05) is 0 Å². The summed E-state index contributed by atoms with van der Waals surface area (Å²) in [4.78, 5) is 0.